The van der Waals surface area contributed by atoms with Crippen LogP contribution in [-0.2, 0) is 32.7 Å². The molecule has 0 radical (unpaired) electrons. The summed E-state index contributed by atoms with van der Waals surface area (Å²) in [6, 6.07) is 0. The van der Waals surface area contributed by atoms with Crippen molar-refractivity contribution in [1.29, 1.82) is 0 Å². The maximum atomic E-state index is 11.9. The van der Waals surface area contributed by atoms with Crippen LogP contribution < -0.4 is 0 Å². The lowest BCUT2D eigenvalue weighted by atomic mass is 10.1. The Labute approximate surface area is 174 Å². The highest BCUT2D eigenvalue weighted by atomic mass is 31.2. The number of rotatable bonds is 17. The lowest BCUT2D eigenvalue weighted by Crippen LogP contribution is -2.37. The van der Waals surface area contributed by atoms with Crippen molar-refractivity contribution in [3.8, 4) is 0 Å². The average molecular weight is 440 g/mol. The Morgan fingerprint density at radius 2 is 1.62 bits per heavy atom. The topological polar surface area (TPSA) is 108 Å². The van der Waals surface area contributed by atoms with Gasteiger partial charge in [-0.25, -0.2) is 4.57 Å². The fourth-order valence-corrected chi connectivity index (χ4v) is 3.04. The summed E-state index contributed by atoms with van der Waals surface area (Å²) in [5.74, 6) is -1.01. The number of likely N-dealkylation sites (N-methyl/N-ethyl adjacent to an activating group) is 1. The van der Waals surface area contributed by atoms with E-state index in [9.17, 15) is 19.0 Å². The second-order valence-corrected chi connectivity index (χ2v) is 9.50. The van der Waals surface area contributed by atoms with Crippen molar-refractivity contribution in [1.82, 2.24) is 0 Å². The zero-order valence-electron chi connectivity index (χ0n) is 18.6. The summed E-state index contributed by atoms with van der Waals surface area (Å²) in [6.07, 6.45) is 5.62. The zero-order chi connectivity index (χ0) is 22.3. The van der Waals surface area contributed by atoms with Gasteiger partial charge in [0.15, 0.2) is 6.10 Å². The molecule has 9 nitrogen and oxygen atoms in total. The summed E-state index contributed by atoms with van der Waals surface area (Å²) >= 11 is 0. The third-order valence-corrected chi connectivity index (χ3v) is 4.92. The molecule has 0 fully saturated rings. The van der Waals surface area contributed by atoms with Gasteiger partial charge in [-0.15, -0.1) is 0 Å². The second kappa shape index (κ2) is 14.9. The van der Waals surface area contributed by atoms with Crippen molar-refractivity contribution in [3.05, 3.63) is 0 Å². The van der Waals surface area contributed by atoms with Gasteiger partial charge < -0.3 is 18.9 Å². The molecule has 2 atom stereocenters. The van der Waals surface area contributed by atoms with Crippen molar-refractivity contribution in [2.24, 2.45) is 0 Å². The molecule has 0 aliphatic carbocycles. The van der Waals surface area contributed by atoms with Crippen molar-refractivity contribution in [2.45, 2.75) is 64.9 Å². The van der Waals surface area contributed by atoms with Crippen LogP contribution in [0.1, 0.15) is 58.8 Å². The molecule has 10 heteroatoms. The van der Waals surface area contributed by atoms with Crippen LogP contribution in [-0.4, -0.2) is 74.9 Å². The molecule has 0 aromatic rings. The normalized spacial score (nSPS) is 14.8. The molecule has 29 heavy (non-hydrogen) atoms. The number of hydrogen-bond donors (Lipinski definition) is 1. The van der Waals surface area contributed by atoms with Crippen LogP contribution in [0.5, 0.6) is 0 Å². The van der Waals surface area contributed by atoms with Gasteiger partial charge in [0.1, 0.15) is 19.8 Å². The summed E-state index contributed by atoms with van der Waals surface area (Å²) in [5.41, 5.74) is 0. The summed E-state index contributed by atoms with van der Waals surface area (Å²) in [6.45, 7) is 3.23. The Balaban J connectivity index is 4.26. The quantitative estimate of drug-likeness (QED) is 0.159. The van der Waals surface area contributed by atoms with Crippen molar-refractivity contribution < 1.29 is 42.1 Å². The third kappa shape index (κ3) is 18.8. The van der Waals surface area contributed by atoms with E-state index in [2.05, 4.69) is 6.92 Å². The van der Waals surface area contributed by atoms with E-state index in [4.69, 9.17) is 18.5 Å². The van der Waals surface area contributed by atoms with Crippen LogP contribution in [0.4, 0.5) is 0 Å². The van der Waals surface area contributed by atoms with Gasteiger partial charge in [-0.05, 0) is 6.42 Å². The van der Waals surface area contributed by atoms with E-state index in [1.807, 2.05) is 21.1 Å². The number of ether oxygens (including phenoxy) is 2. The molecule has 1 N–H and O–H groups in total. The van der Waals surface area contributed by atoms with E-state index in [1.54, 1.807) is 0 Å². The van der Waals surface area contributed by atoms with E-state index >= 15 is 0 Å². The Bertz CT molecular complexity index is 521. The molecule has 0 spiro atoms. The van der Waals surface area contributed by atoms with Gasteiger partial charge in [-0.3, -0.25) is 18.6 Å². The first-order chi connectivity index (χ1) is 13.4. The number of esters is 2. The molecule has 0 aromatic heterocycles. The number of nitrogens with zero attached hydrogens (tertiary/aromatic N) is 1. The number of hydrogen-bond acceptors (Lipinski definition) is 7. The minimum atomic E-state index is -4.30. The average Bonchev–Trinajstić information content (AvgIpc) is 2.58. The number of phosphoric acid groups is 1. The molecule has 0 saturated heterocycles. The summed E-state index contributed by atoms with van der Waals surface area (Å²) < 4.78 is 32.4. The van der Waals surface area contributed by atoms with Gasteiger partial charge in [-0.2, -0.15) is 0 Å². The highest BCUT2D eigenvalue weighted by molar-refractivity contribution is 7.47. The molecule has 0 aromatic carbocycles. The highest BCUT2D eigenvalue weighted by Crippen LogP contribution is 2.43. The van der Waals surface area contributed by atoms with Crippen LogP contribution in [0.15, 0.2) is 0 Å². The van der Waals surface area contributed by atoms with Crippen LogP contribution in [0.2, 0.25) is 0 Å². The summed E-state index contributed by atoms with van der Waals surface area (Å²) in [7, 11) is 1.46. The largest absolute Gasteiger partial charge is 0.472 e. The second-order valence-electron chi connectivity index (χ2n) is 8.04. The van der Waals surface area contributed by atoms with E-state index in [1.165, 1.54) is 19.8 Å². The number of carbonyl (C=O) groups excluding carboxylic acids is 2. The van der Waals surface area contributed by atoms with Crippen LogP contribution in [0.25, 0.3) is 0 Å². The first-order valence-electron chi connectivity index (χ1n) is 10.2. The molecule has 0 heterocycles. The highest BCUT2D eigenvalue weighted by Gasteiger charge is 2.26. The van der Waals surface area contributed by atoms with Crippen molar-refractivity contribution >= 4 is 19.8 Å². The Morgan fingerprint density at radius 3 is 2.21 bits per heavy atom. The predicted molar refractivity (Wildman–Crippen MR) is 109 cm³/mol. The van der Waals surface area contributed by atoms with Crippen molar-refractivity contribution in [3.63, 3.8) is 0 Å². The number of carbonyl (C=O) groups is 2. The molecular formula is C19H39NO8P+. The van der Waals surface area contributed by atoms with Crippen LogP contribution in [0.3, 0.4) is 0 Å². The first-order valence-corrected chi connectivity index (χ1v) is 11.7. The number of phosphoric ester groups is 1. The number of quaternary nitrogens is 1. The van der Waals surface area contributed by atoms with E-state index in [0.717, 1.165) is 25.7 Å². The third-order valence-electron chi connectivity index (χ3n) is 3.94. The standard InChI is InChI=1S/C19H38NO8P/c1-6-7-8-9-10-11-12-19(22)25-15-18(28-17(2)21)16-27-29(23,24)26-14-13-20(3,4)5/h18H,6-16H2,1-5H3/p+1/t18-/m1/s1. The molecule has 0 rings (SSSR count). The number of unbranched alkanes of at least 4 members (excludes halogenated alkanes) is 5. The fourth-order valence-electron chi connectivity index (χ4n) is 2.30. The Morgan fingerprint density at radius 1 is 1.00 bits per heavy atom. The maximum Gasteiger partial charge on any atom is 0.472 e. The summed E-state index contributed by atoms with van der Waals surface area (Å²) in [5, 5.41) is 0. The first kappa shape index (κ1) is 28.0. The Hall–Kier alpha value is -0.990. The van der Waals surface area contributed by atoms with E-state index in [0.29, 0.717) is 11.0 Å². The monoisotopic (exact) mass is 440 g/mol. The Kier molecular flexibility index (Phi) is 14.4. The molecule has 0 bridgehead atoms. The van der Waals surface area contributed by atoms with E-state index < -0.39 is 32.5 Å². The molecule has 0 saturated carbocycles. The predicted octanol–water partition coefficient (Wildman–Crippen LogP) is 3.05. The molecule has 1 unspecified atom stereocenters. The zero-order valence-corrected chi connectivity index (χ0v) is 19.4. The molecular weight excluding hydrogens is 401 g/mol. The summed E-state index contributed by atoms with van der Waals surface area (Å²) in [4.78, 5) is 32.8. The molecule has 0 aliphatic rings. The molecule has 0 amide bonds. The van der Waals surface area contributed by atoms with Gasteiger partial charge in [0.05, 0.1) is 27.7 Å². The van der Waals surface area contributed by atoms with Gasteiger partial charge in [0, 0.05) is 13.3 Å². The van der Waals surface area contributed by atoms with Crippen molar-refractivity contribution in [2.75, 3.05) is 47.5 Å². The minimum absolute atomic E-state index is 0.0305. The van der Waals surface area contributed by atoms with Crippen LogP contribution in [0, 0.1) is 0 Å². The minimum Gasteiger partial charge on any atom is -0.462 e. The van der Waals surface area contributed by atoms with E-state index in [-0.39, 0.29) is 19.6 Å². The fraction of sp³-hybridized carbons (Fsp3) is 0.895. The van der Waals surface area contributed by atoms with Crippen LogP contribution >= 0.6 is 7.82 Å². The van der Waals surface area contributed by atoms with Gasteiger partial charge in [0.2, 0.25) is 0 Å². The molecule has 0 aliphatic heterocycles. The van der Waals surface area contributed by atoms with Gasteiger partial charge >= 0.3 is 19.8 Å². The maximum absolute atomic E-state index is 11.9. The lowest BCUT2D eigenvalue weighted by Gasteiger charge is -2.24. The van der Waals surface area contributed by atoms with Gasteiger partial charge in [0.25, 0.3) is 0 Å². The smallest absolute Gasteiger partial charge is 0.462 e. The van der Waals surface area contributed by atoms with Gasteiger partial charge in [-0.1, -0.05) is 39.0 Å². The molecule has 172 valence electrons. The SMILES string of the molecule is CCCCCCCCC(=O)OC[C@H](COP(=O)(O)OCC[N+](C)(C)C)OC(C)=O. The lowest BCUT2D eigenvalue weighted by molar-refractivity contribution is -0.870.